The number of urea groups is 1. The first-order valence-corrected chi connectivity index (χ1v) is 8.36. The largest absolute Gasteiger partial charge is 0.337 e. The van der Waals surface area contributed by atoms with E-state index in [1.807, 2.05) is 27.0 Å². The number of carbonyl (C=O) groups excluding carboxylic acids is 1. The Morgan fingerprint density at radius 3 is 3.05 bits per heavy atom. The first-order chi connectivity index (χ1) is 10.5. The number of thiazole rings is 1. The third-order valence-electron chi connectivity index (χ3n) is 4.04. The van der Waals surface area contributed by atoms with Crippen molar-refractivity contribution in [2.45, 2.75) is 39.0 Å². The van der Waals surface area contributed by atoms with Crippen molar-refractivity contribution in [3.63, 3.8) is 0 Å². The summed E-state index contributed by atoms with van der Waals surface area (Å²) >= 11 is 1.78. The zero-order chi connectivity index (χ0) is 15.7. The lowest BCUT2D eigenvalue weighted by molar-refractivity contribution is 0.251. The molecular weight excluding hydrogens is 298 g/mol. The maximum atomic E-state index is 12.0. The molecule has 0 aliphatic heterocycles. The standard InChI is InChI=1S/C15H21N5OS/c1-9-7-13(19-20(9)3)18-15(21)16-8-11-5-4-6-12-14(11)17-10(2)22-12/h7,11H,4-6,8H2,1-3H3,(H2,16,18,19,21)/t11-/m1/s1. The molecule has 2 N–H and O–H groups in total. The molecule has 0 unspecified atom stereocenters. The maximum Gasteiger partial charge on any atom is 0.320 e. The van der Waals surface area contributed by atoms with Gasteiger partial charge in [0.2, 0.25) is 0 Å². The van der Waals surface area contributed by atoms with Crippen LogP contribution in [0.25, 0.3) is 0 Å². The van der Waals surface area contributed by atoms with Crippen molar-refractivity contribution >= 4 is 23.2 Å². The van der Waals surface area contributed by atoms with Crippen LogP contribution < -0.4 is 10.6 Å². The fourth-order valence-electron chi connectivity index (χ4n) is 2.83. The summed E-state index contributed by atoms with van der Waals surface area (Å²) in [6, 6.07) is 1.64. The summed E-state index contributed by atoms with van der Waals surface area (Å²) in [4.78, 5) is 18.0. The Kier molecular flexibility index (Phi) is 4.15. The average Bonchev–Trinajstić information content (AvgIpc) is 2.98. The van der Waals surface area contributed by atoms with Crippen molar-refractivity contribution in [2.75, 3.05) is 11.9 Å². The second-order valence-electron chi connectivity index (χ2n) is 5.76. The van der Waals surface area contributed by atoms with Crippen LogP contribution >= 0.6 is 11.3 Å². The van der Waals surface area contributed by atoms with E-state index < -0.39 is 0 Å². The van der Waals surface area contributed by atoms with E-state index in [2.05, 4.69) is 20.7 Å². The predicted molar refractivity (Wildman–Crippen MR) is 87.5 cm³/mol. The Bertz CT molecular complexity index is 671. The fourth-order valence-corrected chi connectivity index (χ4v) is 3.89. The molecule has 6 nitrogen and oxygen atoms in total. The molecule has 1 atom stereocenters. The van der Waals surface area contributed by atoms with E-state index in [0.29, 0.717) is 18.3 Å². The highest BCUT2D eigenvalue weighted by atomic mass is 32.1. The van der Waals surface area contributed by atoms with Gasteiger partial charge in [0.15, 0.2) is 5.82 Å². The van der Waals surface area contributed by atoms with Crippen LogP contribution in [-0.4, -0.2) is 27.3 Å². The lowest BCUT2D eigenvalue weighted by atomic mass is 9.91. The highest BCUT2D eigenvalue weighted by Crippen LogP contribution is 2.34. The smallest absolute Gasteiger partial charge is 0.320 e. The Labute approximate surface area is 133 Å². The first kappa shape index (κ1) is 15.0. The van der Waals surface area contributed by atoms with Gasteiger partial charge in [0.05, 0.1) is 10.7 Å². The van der Waals surface area contributed by atoms with Gasteiger partial charge < -0.3 is 5.32 Å². The first-order valence-electron chi connectivity index (χ1n) is 7.54. The highest BCUT2D eigenvalue weighted by molar-refractivity contribution is 7.11. The number of hydrogen-bond donors (Lipinski definition) is 2. The summed E-state index contributed by atoms with van der Waals surface area (Å²) in [5, 5.41) is 11.1. The van der Waals surface area contributed by atoms with Gasteiger partial charge in [-0.05, 0) is 33.1 Å². The van der Waals surface area contributed by atoms with Gasteiger partial charge in [-0.2, -0.15) is 5.10 Å². The normalized spacial score (nSPS) is 17.1. The summed E-state index contributed by atoms with van der Waals surface area (Å²) in [7, 11) is 1.85. The van der Waals surface area contributed by atoms with Crippen LogP contribution in [0.15, 0.2) is 6.07 Å². The molecule has 1 aliphatic carbocycles. The van der Waals surface area contributed by atoms with E-state index in [1.54, 1.807) is 16.0 Å². The number of aryl methyl sites for hydroxylation is 4. The molecule has 0 saturated carbocycles. The van der Waals surface area contributed by atoms with Crippen LogP contribution in [0.3, 0.4) is 0 Å². The Hall–Kier alpha value is -1.89. The van der Waals surface area contributed by atoms with E-state index in [1.165, 1.54) is 17.0 Å². The second kappa shape index (κ2) is 6.08. The highest BCUT2D eigenvalue weighted by Gasteiger charge is 2.24. The topological polar surface area (TPSA) is 71.8 Å². The number of amides is 2. The number of rotatable bonds is 3. The van der Waals surface area contributed by atoms with Crippen molar-refractivity contribution in [1.82, 2.24) is 20.1 Å². The van der Waals surface area contributed by atoms with Gasteiger partial charge in [0.25, 0.3) is 0 Å². The van der Waals surface area contributed by atoms with Crippen LogP contribution in [-0.2, 0) is 13.5 Å². The van der Waals surface area contributed by atoms with E-state index in [4.69, 9.17) is 0 Å². The quantitative estimate of drug-likeness (QED) is 0.913. The number of fused-ring (bicyclic) bond motifs is 1. The van der Waals surface area contributed by atoms with Crippen molar-refractivity contribution in [1.29, 1.82) is 0 Å². The van der Waals surface area contributed by atoms with Crippen molar-refractivity contribution in [3.8, 4) is 0 Å². The molecule has 0 bridgehead atoms. The van der Waals surface area contributed by atoms with Gasteiger partial charge >= 0.3 is 6.03 Å². The minimum Gasteiger partial charge on any atom is -0.337 e. The molecule has 0 spiro atoms. The van der Waals surface area contributed by atoms with Crippen LogP contribution in [0.2, 0.25) is 0 Å². The monoisotopic (exact) mass is 319 g/mol. The van der Waals surface area contributed by atoms with Gasteiger partial charge in [-0.15, -0.1) is 11.3 Å². The molecule has 0 fully saturated rings. The summed E-state index contributed by atoms with van der Waals surface area (Å²) in [6.07, 6.45) is 3.37. The molecule has 3 rings (SSSR count). The van der Waals surface area contributed by atoms with E-state index in [-0.39, 0.29) is 6.03 Å². The van der Waals surface area contributed by atoms with Gasteiger partial charge in [0.1, 0.15) is 0 Å². The molecule has 118 valence electrons. The van der Waals surface area contributed by atoms with E-state index in [0.717, 1.165) is 23.5 Å². The number of carbonyl (C=O) groups is 1. The van der Waals surface area contributed by atoms with Crippen molar-refractivity contribution < 1.29 is 4.79 Å². The van der Waals surface area contributed by atoms with Gasteiger partial charge in [-0.3, -0.25) is 10.00 Å². The fraction of sp³-hybridized carbons (Fsp3) is 0.533. The molecule has 1 aliphatic rings. The van der Waals surface area contributed by atoms with Crippen LogP contribution in [0.1, 0.15) is 40.0 Å². The lowest BCUT2D eigenvalue weighted by Gasteiger charge is -2.21. The molecule has 0 radical (unpaired) electrons. The van der Waals surface area contributed by atoms with Crippen molar-refractivity contribution in [2.24, 2.45) is 7.05 Å². The number of nitrogens with one attached hydrogen (secondary N) is 2. The van der Waals surface area contributed by atoms with Crippen molar-refractivity contribution in [3.05, 3.63) is 27.3 Å². The summed E-state index contributed by atoms with van der Waals surface area (Å²) in [6.45, 7) is 4.61. The Morgan fingerprint density at radius 1 is 1.50 bits per heavy atom. The lowest BCUT2D eigenvalue weighted by Crippen LogP contribution is -2.33. The van der Waals surface area contributed by atoms with E-state index >= 15 is 0 Å². The summed E-state index contributed by atoms with van der Waals surface area (Å²) < 4.78 is 1.74. The molecule has 0 saturated heterocycles. The zero-order valence-electron chi connectivity index (χ0n) is 13.1. The molecule has 2 aromatic heterocycles. The Morgan fingerprint density at radius 2 is 2.32 bits per heavy atom. The number of hydrogen-bond acceptors (Lipinski definition) is 4. The van der Waals surface area contributed by atoms with Crippen LogP contribution in [0, 0.1) is 13.8 Å². The number of nitrogens with zero attached hydrogens (tertiary/aromatic N) is 3. The summed E-state index contributed by atoms with van der Waals surface area (Å²) in [5.41, 5.74) is 2.19. The molecule has 22 heavy (non-hydrogen) atoms. The average molecular weight is 319 g/mol. The molecule has 2 amide bonds. The SMILES string of the molecule is Cc1nc2c(s1)CCC[C@@H]2CNC(=O)Nc1cc(C)n(C)n1. The minimum absolute atomic E-state index is 0.211. The maximum absolute atomic E-state index is 12.0. The third-order valence-corrected chi connectivity index (χ3v) is 5.09. The summed E-state index contributed by atoms with van der Waals surface area (Å²) in [5.74, 6) is 0.899. The van der Waals surface area contributed by atoms with Gasteiger partial charge in [0, 0.05) is 36.1 Å². The number of anilines is 1. The number of aromatic nitrogens is 3. The second-order valence-corrected chi connectivity index (χ2v) is 7.05. The molecule has 2 heterocycles. The third kappa shape index (κ3) is 3.14. The zero-order valence-corrected chi connectivity index (χ0v) is 14.0. The molecule has 0 aromatic carbocycles. The Balaban J connectivity index is 1.57. The predicted octanol–water partition coefficient (Wildman–Crippen LogP) is 2.74. The molecular formula is C15H21N5OS. The van der Waals surface area contributed by atoms with E-state index in [9.17, 15) is 4.79 Å². The molecule has 7 heteroatoms. The molecule has 2 aromatic rings. The van der Waals surface area contributed by atoms with Gasteiger partial charge in [-0.1, -0.05) is 0 Å². The minimum atomic E-state index is -0.211. The van der Waals surface area contributed by atoms with Crippen LogP contribution in [0.5, 0.6) is 0 Å². The van der Waals surface area contributed by atoms with Gasteiger partial charge in [-0.25, -0.2) is 9.78 Å². The van der Waals surface area contributed by atoms with Crippen LogP contribution in [0.4, 0.5) is 10.6 Å².